The number of benzene rings is 1. The molecule has 0 fully saturated rings. The number of halogens is 3. The van der Waals surface area contributed by atoms with Crippen molar-refractivity contribution in [2.75, 3.05) is 18.4 Å². The van der Waals surface area contributed by atoms with Gasteiger partial charge in [-0.3, -0.25) is 4.79 Å². The lowest BCUT2D eigenvalue weighted by Crippen LogP contribution is -2.36. The summed E-state index contributed by atoms with van der Waals surface area (Å²) in [5.74, 6) is -0.797. The van der Waals surface area contributed by atoms with E-state index in [9.17, 15) is 18.7 Å². The number of amides is 1. The summed E-state index contributed by atoms with van der Waals surface area (Å²) in [5.41, 5.74) is 0.0362. The molecule has 3 nitrogen and oxygen atoms in total. The van der Waals surface area contributed by atoms with Gasteiger partial charge in [-0.2, -0.15) is 0 Å². The predicted molar refractivity (Wildman–Crippen MR) is 63.8 cm³/mol. The van der Waals surface area contributed by atoms with Crippen molar-refractivity contribution in [1.29, 1.82) is 0 Å². The molecule has 1 N–H and O–H groups in total. The van der Waals surface area contributed by atoms with Gasteiger partial charge in [0.15, 0.2) is 0 Å². The maximum absolute atomic E-state index is 12.3. The van der Waals surface area contributed by atoms with Crippen molar-refractivity contribution in [1.82, 2.24) is 4.90 Å². The number of hydrogen-bond acceptors (Lipinski definition) is 2. The van der Waals surface area contributed by atoms with E-state index in [0.29, 0.717) is 5.33 Å². The van der Waals surface area contributed by atoms with Crippen molar-refractivity contribution in [2.45, 2.75) is 6.43 Å². The van der Waals surface area contributed by atoms with Crippen molar-refractivity contribution >= 4 is 21.8 Å². The maximum Gasteiger partial charge on any atom is 0.257 e. The number of nitrogens with zero attached hydrogens (tertiary/aromatic N) is 1. The Balaban J connectivity index is 2.88. The molecule has 0 aliphatic carbocycles. The first-order valence-electron chi connectivity index (χ1n) is 4.97. The van der Waals surface area contributed by atoms with Crippen LogP contribution < -0.4 is 0 Å². The highest BCUT2D eigenvalue weighted by Crippen LogP contribution is 2.18. The zero-order valence-corrected chi connectivity index (χ0v) is 10.5. The lowest BCUT2D eigenvalue weighted by atomic mass is 10.1. The molecule has 0 aliphatic heterocycles. The largest absolute Gasteiger partial charge is 0.507 e. The van der Waals surface area contributed by atoms with Crippen LogP contribution in [-0.2, 0) is 0 Å². The number of aromatic hydroxyl groups is 1. The zero-order chi connectivity index (χ0) is 12.8. The highest BCUT2D eigenvalue weighted by atomic mass is 79.9. The summed E-state index contributed by atoms with van der Waals surface area (Å²) in [6.07, 6.45) is -2.59. The molecule has 0 atom stereocenters. The van der Waals surface area contributed by atoms with Gasteiger partial charge >= 0.3 is 0 Å². The van der Waals surface area contributed by atoms with Crippen molar-refractivity contribution in [2.24, 2.45) is 0 Å². The second-order valence-electron chi connectivity index (χ2n) is 3.35. The molecule has 94 valence electrons. The summed E-state index contributed by atoms with van der Waals surface area (Å²) in [6.45, 7) is -0.476. The molecular formula is C11H12BrF2NO2. The van der Waals surface area contributed by atoms with Crippen molar-refractivity contribution < 1.29 is 18.7 Å². The number of para-hydroxylation sites is 1. The van der Waals surface area contributed by atoms with Gasteiger partial charge in [-0.15, -0.1) is 0 Å². The van der Waals surface area contributed by atoms with Crippen LogP contribution in [0.3, 0.4) is 0 Å². The minimum absolute atomic E-state index is 0.0362. The lowest BCUT2D eigenvalue weighted by molar-refractivity contribution is 0.0570. The molecule has 0 spiro atoms. The first-order chi connectivity index (χ1) is 8.06. The molecule has 0 saturated carbocycles. The second kappa shape index (κ2) is 6.54. The number of hydrogen-bond donors (Lipinski definition) is 1. The summed E-state index contributed by atoms with van der Waals surface area (Å²) in [6, 6.07) is 5.89. The number of phenols is 1. The van der Waals surface area contributed by atoms with E-state index >= 15 is 0 Å². The van der Waals surface area contributed by atoms with Crippen LogP contribution in [0.5, 0.6) is 5.75 Å². The van der Waals surface area contributed by atoms with Gasteiger partial charge in [0, 0.05) is 11.9 Å². The summed E-state index contributed by atoms with van der Waals surface area (Å²) >= 11 is 3.10. The Hall–Kier alpha value is -1.17. The quantitative estimate of drug-likeness (QED) is 0.849. The van der Waals surface area contributed by atoms with Crippen LogP contribution in [0.25, 0.3) is 0 Å². The van der Waals surface area contributed by atoms with E-state index in [1.54, 1.807) is 12.1 Å². The Morgan fingerprint density at radius 3 is 2.59 bits per heavy atom. The number of phenolic OH excluding ortho intramolecular Hbond substituents is 1. The third-order valence-corrected chi connectivity index (χ3v) is 2.49. The molecule has 1 aromatic carbocycles. The SMILES string of the molecule is O=C(c1ccccc1O)N(CCBr)CC(F)F. The van der Waals surface area contributed by atoms with Gasteiger partial charge in [0.2, 0.25) is 0 Å². The minimum atomic E-state index is -2.59. The lowest BCUT2D eigenvalue weighted by Gasteiger charge is -2.21. The fourth-order valence-electron chi connectivity index (χ4n) is 1.37. The topological polar surface area (TPSA) is 40.5 Å². The van der Waals surface area contributed by atoms with E-state index in [2.05, 4.69) is 15.9 Å². The molecule has 0 aromatic heterocycles. The van der Waals surface area contributed by atoms with E-state index in [4.69, 9.17) is 0 Å². The summed E-state index contributed by atoms with van der Waals surface area (Å²) in [7, 11) is 0. The van der Waals surface area contributed by atoms with Crippen molar-refractivity contribution in [3.05, 3.63) is 29.8 Å². The van der Waals surface area contributed by atoms with Gasteiger partial charge < -0.3 is 10.0 Å². The Labute approximate surface area is 106 Å². The number of carbonyl (C=O) groups is 1. The minimum Gasteiger partial charge on any atom is -0.507 e. The van der Waals surface area contributed by atoms with Gasteiger partial charge in [0.05, 0.1) is 12.1 Å². The number of carbonyl (C=O) groups excluding carboxylic acids is 1. The molecule has 6 heteroatoms. The molecule has 0 bridgehead atoms. The predicted octanol–water partition coefficient (Wildman–Crippen LogP) is 2.49. The van der Waals surface area contributed by atoms with E-state index in [0.717, 1.165) is 4.90 Å². The van der Waals surface area contributed by atoms with Crippen LogP contribution in [0, 0.1) is 0 Å². The zero-order valence-electron chi connectivity index (χ0n) is 8.94. The van der Waals surface area contributed by atoms with Crippen LogP contribution >= 0.6 is 15.9 Å². The third kappa shape index (κ3) is 3.96. The molecule has 1 amide bonds. The highest BCUT2D eigenvalue weighted by Gasteiger charge is 2.21. The fourth-order valence-corrected chi connectivity index (χ4v) is 1.80. The normalized spacial score (nSPS) is 10.6. The standard InChI is InChI=1S/C11H12BrF2NO2/c12-5-6-15(7-10(13)14)11(17)8-3-1-2-4-9(8)16/h1-4,10,16H,5-7H2. The van der Waals surface area contributed by atoms with Gasteiger partial charge in [0.1, 0.15) is 5.75 Å². The second-order valence-corrected chi connectivity index (χ2v) is 4.14. The molecule has 0 saturated heterocycles. The maximum atomic E-state index is 12.3. The Kier molecular flexibility index (Phi) is 5.34. The fraction of sp³-hybridized carbons (Fsp3) is 0.364. The first kappa shape index (κ1) is 13.9. The number of rotatable bonds is 5. The van der Waals surface area contributed by atoms with Gasteiger partial charge in [-0.05, 0) is 12.1 Å². The first-order valence-corrected chi connectivity index (χ1v) is 6.09. The highest BCUT2D eigenvalue weighted by molar-refractivity contribution is 9.09. The summed E-state index contributed by atoms with van der Waals surface area (Å²) < 4.78 is 24.6. The van der Waals surface area contributed by atoms with E-state index in [1.165, 1.54) is 12.1 Å². The monoisotopic (exact) mass is 307 g/mol. The molecular weight excluding hydrogens is 296 g/mol. The van der Waals surface area contributed by atoms with Crippen molar-refractivity contribution in [3.63, 3.8) is 0 Å². The van der Waals surface area contributed by atoms with E-state index in [1.807, 2.05) is 0 Å². The molecule has 0 heterocycles. The molecule has 17 heavy (non-hydrogen) atoms. The average molecular weight is 308 g/mol. The summed E-state index contributed by atoms with van der Waals surface area (Å²) in [4.78, 5) is 12.9. The van der Waals surface area contributed by atoms with E-state index in [-0.39, 0.29) is 17.9 Å². The van der Waals surface area contributed by atoms with Crippen LogP contribution in [0.15, 0.2) is 24.3 Å². The van der Waals surface area contributed by atoms with Gasteiger partial charge in [0.25, 0.3) is 12.3 Å². The smallest absolute Gasteiger partial charge is 0.257 e. The number of alkyl halides is 3. The Morgan fingerprint density at radius 2 is 2.06 bits per heavy atom. The summed E-state index contributed by atoms with van der Waals surface area (Å²) in [5, 5.41) is 9.89. The van der Waals surface area contributed by atoms with Gasteiger partial charge in [-0.25, -0.2) is 8.78 Å². The van der Waals surface area contributed by atoms with Crippen LogP contribution in [0.2, 0.25) is 0 Å². The van der Waals surface area contributed by atoms with Crippen LogP contribution in [0.4, 0.5) is 8.78 Å². The van der Waals surface area contributed by atoms with Crippen molar-refractivity contribution in [3.8, 4) is 5.75 Å². The van der Waals surface area contributed by atoms with E-state index < -0.39 is 18.9 Å². The van der Waals surface area contributed by atoms with Gasteiger partial charge in [-0.1, -0.05) is 28.1 Å². The average Bonchev–Trinajstić information content (AvgIpc) is 2.28. The van der Waals surface area contributed by atoms with Crippen LogP contribution in [0.1, 0.15) is 10.4 Å². The van der Waals surface area contributed by atoms with Crippen LogP contribution in [-0.4, -0.2) is 40.8 Å². The Morgan fingerprint density at radius 1 is 1.41 bits per heavy atom. The Bertz CT molecular complexity index is 387. The molecule has 0 radical (unpaired) electrons. The molecule has 0 aliphatic rings. The molecule has 1 rings (SSSR count). The molecule has 0 unspecified atom stereocenters. The molecule has 1 aromatic rings. The third-order valence-electron chi connectivity index (χ3n) is 2.13.